The Morgan fingerprint density at radius 3 is 2.94 bits per heavy atom. The van der Waals surface area contributed by atoms with E-state index in [-0.39, 0.29) is 6.61 Å². The number of aryl methyl sites for hydroxylation is 1. The molecule has 1 aromatic heterocycles. The minimum absolute atomic E-state index is 0.134. The molecule has 0 amide bonds. The first-order valence-electron chi connectivity index (χ1n) is 5.73. The summed E-state index contributed by atoms with van der Waals surface area (Å²) in [5.74, 6) is 1.37. The van der Waals surface area contributed by atoms with Gasteiger partial charge in [0.25, 0.3) is 0 Å². The van der Waals surface area contributed by atoms with Crippen LogP contribution in [0.3, 0.4) is 0 Å². The molecule has 0 spiro atoms. The van der Waals surface area contributed by atoms with Gasteiger partial charge in [-0.05, 0) is 19.1 Å². The highest BCUT2D eigenvalue weighted by Crippen LogP contribution is 2.25. The molecular weight excluding hydrogens is 230 g/mol. The molecule has 18 heavy (non-hydrogen) atoms. The van der Waals surface area contributed by atoms with Gasteiger partial charge in [-0.25, -0.2) is 4.98 Å². The van der Waals surface area contributed by atoms with Gasteiger partial charge in [-0.15, -0.1) is 0 Å². The molecule has 1 atom stereocenters. The summed E-state index contributed by atoms with van der Waals surface area (Å²) in [6.45, 7) is 1.79. The van der Waals surface area contributed by atoms with Gasteiger partial charge in [0.2, 0.25) is 0 Å². The lowest BCUT2D eigenvalue weighted by Gasteiger charge is -2.03. The van der Waals surface area contributed by atoms with E-state index in [0.717, 1.165) is 22.7 Å². The van der Waals surface area contributed by atoms with Crippen molar-refractivity contribution in [1.82, 2.24) is 9.97 Å². The molecule has 96 valence electrons. The summed E-state index contributed by atoms with van der Waals surface area (Å²) in [5, 5.41) is 9.04. The van der Waals surface area contributed by atoms with Crippen LogP contribution in [-0.2, 0) is 0 Å². The van der Waals surface area contributed by atoms with Gasteiger partial charge in [-0.2, -0.15) is 0 Å². The van der Waals surface area contributed by atoms with Crippen LogP contribution in [0.25, 0.3) is 11.3 Å². The largest absolute Gasteiger partial charge is 0.497 e. The molecule has 1 unspecified atom stereocenters. The third kappa shape index (κ3) is 2.37. The molecule has 0 fully saturated rings. The normalized spacial score (nSPS) is 12.4. The summed E-state index contributed by atoms with van der Waals surface area (Å²) in [4.78, 5) is 7.52. The summed E-state index contributed by atoms with van der Waals surface area (Å²) in [6, 6.07) is 7.18. The summed E-state index contributed by atoms with van der Waals surface area (Å²) in [5.41, 5.74) is 8.45. The number of nitrogens with two attached hydrogens (primary N) is 1. The molecule has 4 N–H and O–H groups in total. The lowest BCUT2D eigenvalue weighted by Crippen LogP contribution is -2.16. The van der Waals surface area contributed by atoms with Crippen LogP contribution < -0.4 is 10.5 Å². The molecule has 0 aliphatic heterocycles. The van der Waals surface area contributed by atoms with Crippen LogP contribution >= 0.6 is 0 Å². The number of imidazole rings is 1. The number of hydrogen-bond acceptors (Lipinski definition) is 4. The summed E-state index contributed by atoms with van der Waals surface area (Å²) >= 11 is 0. The number of benzene rings is 1. The van der Waals surface area contributed by atoms with Gasteiger partial charge in [0.05, 0.1) is 25.5 Å². The van der Waals surface area contributed by atoms with Gasteiger partial charge >= 0.3 is 0 Å². The van der Waals surface area contributed by atoms with Gasteiger partial charge in [-0.1, -0.05) is 12.1 Å². The Morgan fingerprint density at radius 2 is 2.28 bits per heavy atom. The van der Waals surface area contributed by atoms with Crippen molar-refractivity contribution in [2.45, 2.75) is 13.0 Å². The average molecular weight is 247 g/mol. The summed E-state index contributed by atoms with van der Waals surface area (Å²) in [7, 11) is 1.63. The van der Waals surface area contributed by atoms with Crippen molar-refractivity contribution < 1.29 is 9.84 Å². The van der Waals surface area contributed by atoms with E-state index in [9.17, 15) is 0 Å². The van der Waals surface area contributed by atoms with Crippen LogP contribution in [0, 0.1) is 6.92 Å². The Morgan fingerprint density at radius 1 is 1.50 bits per heavy atom. The zero-order valence-corrected chi connectivity index (χ0v) is 10.5. The van der Waals surface area contributed by atoms with Crippen LogP contribution in [0.2, 0.25) is 0 Å². The highest BCUT2D eigenvalue weighted by atomic mass is 16.5. The number of aromatic nitrogens is 2. The summed E-state index contributed by atoms with van der Waals surface area (Å²) < 4.78 is 5.19. The number of H-pyrrole nitrogens is 1. The first-order valence-corrected chi connectivity index (χ1v) is 5.73. The lowest BCUT2D eigenvalue weighted by molar-refractivity contribution is 0.264. The second-order valence-electron chi connectivity index (χ2n) is 4.12. The fourth-order valence-electron chi connectivity index (χ4n) is 1.80. The van der Waals surface area contributed by atoms with Gasteiger partial charge in [-0.3, -0.25) is 0 Å². The number of ether oxygens (including phenoxy) is 1. The molecule has 2 rings (SSSR count). The van der Waals surface area contributed by atoms with Crippen molar-refractivity contribution in [2.75, 3.05) is 13.7 Å². The van der Waals surface area contributed by atoms with Crippen molar-refractivity contribution in [3.63, 3.8) is 0 Å². The predicted octanol–water partition coefficient (Wildman–Crippen LogP) is 1.39. The molecular formula is C13H17N3O2. The maximum Gasteiger partial charge on any atom is 0.126 e. The molecule has 2 aromatic rings. The Kier molecular flexibility index (Phi) is 3.64. The van der Waals surface area contributed by atoms with Gasteiger partial charge in [0, 0.05) is 11.3 Å². The number of nitrogens with one attached hydrogen (secondary N) is 1. The Hall–Kier alpha value is -1.85. The minimum Gasteiger partial charge on any atom is -0.497 e. The molecule has 0 saturated carbocycles. The number of aliphatic hydroxyl groups excluding tert-OH is 1. The lowest BCUT2D eigenvalue weighted by atomic mass is 10.1. The van der Waals surface area contributed by atoms with E-state index in [1.165, 1.54) is 0 Å². The van der Waals surface area contributed by atoms with Crippen molar-refractivity contribution in [3.05, 3.63) is 35.8 Å². The predicted molar refractivity (Wildman–Crippen MR) is 69.3 cm³/mol. The second kappa shape index (κ2) is 5.20. The van der Waals surface area contributed by atoms with Gasteiger partial charge in [0.15, 0.2) is 0 Å². The van der Waals surface area contributed by atoms with Crippen molar-refractivity contribution in [2.24, 2.45) is 5.73 Å². The van der Waals surface area contributed by atoms with Crippen LogP contribution in [0.1, 0.15) is 17.6 Å². The molecule has 0 saturated heterocycles. The second-order valence-corrected chi connectivity index (χ2v) is 4.12. The number of hydrogen-bond donors (Lipinski definition) is 3. The SMILES string of the molecule is COc1cccc(-c2nc(C(N)CO)[nH]c2C)c1. The minimum atomic E-state index is -0.483. The fourth-order valence-corrected chi connectivity index (χ4v) is 1.80. The van der Waals surface area contributed by atoms with Gasteiger partial charge in [0.1, 0.15) is 11.6 Å². The van der Waals surface area contributed by atoms with Crippen molar-refractivity contribution in [1.29, 1.82) is 0 Å². The van der Waals surface area contributed by atoms with E-state index in [2.05, 4.69) is 9.97 Å². The highest BCUT2D eigenvalue weighted by molar-refractivity contribution is 5.63. The van der Waals surface area contributed by atoms with Gasteiger partial charge < -0.3 is 20.6 Å². The maximum absolute atomic E-state index is 9.04. The van der Waals surface area contributed by atoms with E-state index in [0.29, 0.717) is 5.82 Å². The average Bonchev–Trinajstić information content (AvgIpc) is 2.80. The number of aromatic amines is 1. The van der Waals surface area contributed by atoms with E-state index in [1.807, 2.05) is 31.2 Å². The third-order valence-corrected chi connectivity index (χ3v) is 2.79. The molecule has 5 nitrogen and oxygen atoms in total. The monoisotopic (exact) mass is 247 g/mol. The molecule has 0 aliphatic carbocycles. The van der Waals surface area contributed by atoms with Crippen molar-refractivity contribution >= 4 is 0 Å². The quantitative estimate of drug-likeness (QED) is 0.762. The molecule has 0 aliphatic rings. The van der Waals surface area contributed by atoms with Crippen LogP contribution in [-0.4, -0.2) is 28.8 Å². The third-order valence-electron chi connectivity index (χ3n) is 2.79. The van der Waals surface area contributed by atoms with Crippen molar-refractivity contribution in [3.8, 4) is 17.0 Å². The Labute approximate surface area is 106 Å². The highest BCUT2D eigenvalue weighted by Gasteiger charge is 2.14. The molecule has 5 heteroatoms. The Bertz CT molecular complexity index is 537. The topological polar surface area (TPSA) is 84.2 Å². The van der Waals surface area contributed by atoms with E-state index in [4.69, 9.17) is 15.6 Å². The zero-order valence-electron chi connectivity index (χ0n) is 10.5. The van der Waals surface area contributed by atoms with Crippen LogP contribution in [0.5, 0.6) is 5.75 Å². The number of nitrogens with zero attached hydrogens (tertiary/aromatic N) is 1. The molecule has 0 radical (unpaired) electrons. The molecule has 1 heterocycles. The standard InChI is InChI=1S/C13H17N3O2/c1-8-12(16-13(15-8)11(14)7-17)9-4-3-5-10(6-9)18-2/h3-6,11,17H,7,14H2,1-2H3,(H,15,16). The maximum atomic E-state index is 9.04. The summed E-state index contributed by atoms with van der Waals surface area (Å²) in [6.07, 6.45) is 0. The molecule has 0 bridgehead atoms. The first-order chi connectivity index (χ1) is 8.65. The van der Waals surface area contributed by atoms with Crippen LogP contribution in [0.4, 0.5) is 0 Å². The smallest absolute Gasteiger partial charge is 0.126 e. The van der Waals surface area contributed by atoms with E-state index >= 15 is 0 Å². The number of rotatable bonds is 4. The fraction of sp³-hybridized carbons (Fsp3) is 0.308. The Balaban J connectivity index is 2.40. The zero-order chi connectivity index (χ0) is 13.1. The van der Waals surface area contributed by atoms with E-state index in [1.54, 1.807) is 7.11 Å². The first kappa shape index (κ1) is 12.6. The van der Waals surface area contributed by atoms with E-state index < -0.39 is 6.04 Å². The van der Waals surface area contributed by atoms with Crippen LogP contribution in [0.15, 0.2) is 24.3 Å². The number of aliphatic hydroxyl groups is 1. The molecule has 1 aromatic carbocycles. The number of methoxy groups -OCH3 is 1.